The monoisotopic (exact) mass is 307 g/mol. The van der Waals surface area contributed by atoms with Crippen LogP contribution in [0.2, 0.25) is 0 Å². The molecule has 1 aliphatic carbocycles. The average molecular weight is 307 g/mol. The Hall–Kier alpha value is -2.47. The fourth-order valence-corrected chi connectivity index (χ4v) is 2.70. The Morgan fingerprint density at radius 3 is 2.65 bits per heavy atom. The van der Waals surface area contributed by atoms with Crippen LogP contribution >= 0.6 is 0 Å². The van der Waals surface area contributed by atoms with Crippen LogP contribution in [0.5, 0.6) is 5.75 Å². The number of nitrogens with zero attached hydrogens (tertiary/aromatic N) is 1. The van der Waals surface area contributed by atoms with Crippen molar-refractivity contribution in [1.29, 1.82) is 0 Å². The Bertz CT molecular complexity index is 835. The normalized spacial score (nSPS) is 14.7. The largest absolute Gasteiger partial charge is 0.497 e. The number of pyridine rings is 1. The molecule has 23 heavy (non-hydrogen) atoms. The molecule has 0 saturated heterocycles. The van der Waals surface area contributed by atoms with Crippen LogP contribution in [-0.4, -0.2) is 11.7 Å². The summed E-state index contributed by atoms with van der Waals surface area (Å²) in [4.78, 5) is 12.2. The fourth-order valence-electron chi connectivity index (χ4n) is 2.70. The van der Waals surface area contributed by atoms with Gasteiger partial charge in [-0.2, -0.15) is 0 Å². The van der Waals surface area contributed by atoms with Crippen molar-refractivity contribution in [3.05, 3.63) is 63.6 Å². The third kappa shape index (κ3) is 3.48. The van der Waals surface area contributed by atoms with E-state index < -0.39 is 0 Å². The highest BCUT2D eigenvalue weighted by atomic mass is 16.5. The van der Waals surface area contributed by atoms with Gasteiger partial charge < -0.3 is 9.30 Å². The topological polar surface area (TPSA) is 31.2 Å². The highest BCUT2D eigenvalue weighted by molar-refractivity contribution is 5.42. The van der Waals surface area contributed by atoms with Gasteiger partial charge in [-0.05, 0) is 56.0 Å². The summed E-state index contributed by atoms with van der Waals surface area (Å²) in [5, 5.41) is 0. The van der Waals surface area contributed by atoms with Crippen molar-refractivity contribution >= 4 is 0 Å². The molecule has 0 spiro atoms. The number of benzene rings is 1. The van der Waals surface area contributed by atoms with E-state index in [4.69, 9.17) is 4.74 Å². The van der Waals surface area contributed by atoms with E-state index in [0.29, 0.717) is 11.7 Å². The van der Waals surface area contributed by atoms with E-state index in [1.807, 2.05) is 19.1 Å². The summed E-state index contributed by atoms with van der Waals surface area (Å²) in [5.74, 6) is 7.72. The van der Waals surface area contributed by atoms with Gasteiger partial charge in [0, 0.05) is 23.7 Å². The number of ether oxygens (including phenoxy) is 1. The quantitative estimate of drug-likeness (QED) is 0.812. The molecule has 0 aliphatic heterocycles. The summed E-state index contributed by atoms with van der Waals surface area (Å²) in [6.45, 7) is 4.11. The lowest BCUT2D eigenvalue weighted by Gasteiger charge is -2.18. The molecule has 0 radical (unpaired) electrons. The van der Waals surface area contributed by atoms with Gasteiger partial charge in [0.1, 0.15) is 5.75 Å². The van der Waals surface area contributed by atoms with E-state index in [2.05, 4.69) is 30.9 Å². The van der Waals surface area contributed by atoms with Crippen LogP contribution in [0.3, 0.4) is 0 Å². The van der Waals surface area contributed by atoms with Gasteiger partial charge in [-0.1, -0.05) is 17.9 Å². The van der Waals surface area contributed by atoms with E-state index in [1.54, 1.807) is 17.9 Å². The Kier molecular flexibility index (Phi) is 4.25. The molecule has 1 aromatic heterocycles. The van der Waals surface area contributed by atoms with Gasteiger partial charge >= 0.3 is 0 Å². The lowest BCUT2D eigenvalue weighted by Crippen LogP contribution is -2.23. The molecule has 3 nitrogen and oxygen atoms in total. The summed E-state index contributed by atoms with van der Waals surface area (Å²) in [6, 6.07) is 9.52. The Balaban J connectivity index is 1.89. The molecule has 118 valence electrons. The average Bonchev–Trinajstić information content (AvgIpc) is 3.36. The van der Waals surface area contributed by atoms with Crippen molar-refractivity contribution in [3.63, 3.8) is 0 Å². The van der Waals surface area contributed by atoms with Gasteiger partial charge in [0.2, 0.25) is 0 Å². The number of rotatable bonds is 3. The molecule has 1 unspecified atom stereocenters. The first-order chi connectivity index (χ1) is 11.1. The number of methoxy groups -OCH3 is 1. The molecule has 1 aromatic carbocycles. The zero-order valence-electron chi connectivity index (χ0n) is 13.8. The van der Waals surface area contributed by atoms with E-state index in [1.165, 1.54) is 18.9 Å². The second-order valence-corrected chi connectivity index (χ2v) is 6.10. The minimum absolute atomic E-state index is 0.0288. The molecule has 1 saturated carbocycles. The lowest BCUT2D eigenvalue weighted by molar-refractivity contribution is 0.411. The van der Waals surface area contributed by atoms with Crippen LogP contribution in [0.25, 0.3) is 0 Å². The summed E-state index contributed by atoms with van der Waals surface area (Å²) in [5.41, 5.74) is 3.28. The van der Waals surface area contributed by atoms with Gasteiger partial charge in [0.15, 0.2) is 0 Å². The molecule has 0 amide bonds. The van der Waals surface area contributed by atoms with Crippen molar-refractivity contribution in [2.75, 3.05) is 7.11 Å². The second-order valence-electron chi connectivity index (χ2n) is 6.10. The predicted octanol–water partition coefficient (Wildman–Crippen LogP) is 3.54. The van der Waals surface area contributed by atoms with Crippen molar-refractivity contribution in [2.24, 2.45) is 5.92 Å². The molecule has 1 fully saturated rings. The summed E-state index contributed by atoms with van der Waals surface area (Å²) < 4.78 is 6.82. The summed E-state index contributed by atoms with van der Waals surface area (Å²) >= 11 is 0. The first kappa shape index (κ1) is 15.4. The molecular formula is C20H21NO2. The van der Waals surface area contributed by atoms with Crippen molar-refractivity contribution < 1.29 is 4.74 Å². The maximum atomic E-state index is 12.2. The van der Waals surface area contributed by atoms with E-state index >= 15 is 0 Å². The highest BCUT2D eigenvalue weighted by Gasteiger charge is 2.18. The van der Waals surface area contributed by atoms with Gasteiger partial charge in [0.05, 0.1) is 13.2 Å². The van der Waals surface area contributed by atoms with Gasteiger partial charge in [-0.15, -0.1) is 0 Å². The lowest BCUT2D eigenvalue weighted by atomic mass is 9.99. The number of aryl methyl sites for hydroxylation is 1. The fraction of sp³-hybridized carbons (Fsp3) is 0.350. The number of aromatic nitrogens is 1. The summed E-state index contributed by atoms with van der Waals surface area (Å²) in [6.07, 6.45) is 4.26. The van der Waals surface area contributed by atoms with E-state index in [-0.39, 0.29) is 11.6 Å². The second kappa shape index (κ2) is 6.34. The van der Waals surface area contributed by atoms with Crippen LogP contribution in [-0.2, 0) is 0 Å². The van der Waals surface area contributed by atoms with Crippen molar-refractivity contribution in [2.45, 2.75) is 32.7 Å². The molecule has 1 aliphatic rings. The highest BCUT2D eigenvalue weighted by Crippen LogP contribution is 2.28. The van der Waals surface area contributed by atoms with Crippen molar-refractivity contribution in [3.8, 4) is 17.6 Å². The van der Waals surface area contributed by atoms with Crippen LogP contribution in [0.1, 0.15) is 42.5 Å². The third-order valence-corrected chi connectivity index (χ3v) is 4.29. The maximum absolute atomic E-state index is 12.2. The third-order valence-electron chi connectivity index (χ3n) is 4.29. The van der Waals surface area contributed by atoms with Gasteiger partial charge in [-0.25, -0.2) is 0 Å². The van der Waals surface area contributed by atoms with Crippen LogP contribution in [0.15, 0.2) is 41.3 Å². The molecule has 1 heterocycles. The Labute approximate surface area is 136 Å². The standard InChI is InChI=1S/C20H21NO2/c1-14-12-17(7-6-16-4-5-16)8-9-19(14)15(2)21-11-10-18(23-3)13-20(21)22/h8-13,15-16H,4-5H2,1-3H3. The number of hydrogen-bond acceptors (Lipinski definition) is 2. The van der Waals surface area contributed by atoms with Gasteiger partial charge in [0.25, 0.3) is 5.56 Å². The smallest absolute Gasteiger partial charge is 0.254 e. The molecule has 2 aromatic rings. The Morgan fingerprint density at radius 1 is 1.26 bits per heavy atom. The van der Waals surface area contributed by atoms with E-state index in [0.717, 1.165) is 16.7 Å². The van der Waals surface area contributed by atoms with Crippen molar-refractivity contribution in [1.82, 2.24) is 4.57 Å². The first-order valence-electron chi connectivity index (χ1n) is 7.97. The Morgan fingerprint density at radius 2 is 2.04 bits per heavy atom. The minimum atomic E-state index is -0.0612. The SMILES string of the molecule is COc1ccn(C(C)c2ccc(C#CC3CC3)cc2C)c(=O)c1. The first-order valence-corrected chi connectivity index (χ1v) is 7.97. The zero-order chi connectivity index (χ0) is 16.4. The van der Waals surface area contributed by atoms with E-state index in [9.17, 15) is 4.79 Å². The molecule has 3 heteroatoms. The van der Waals surface area contributed by atoms with Gasteiger partial charge in [-0.3, -0.25) is 4.79 Å². The van der Waals surface area contributed by atoms with Crippen LogP contribution in [0, 0.1) is 24.7 Å². The minimum Gasteiger partial charge on any atom is -0.497 e. The number of hydrogen-bond donors (Lipinski definition) is 0. The predicted molar refractivity (Wildman–Crippen MR) is 91.8 cm³/mol. The molecule has 3 rings (SSSR count). The van der Waals surface area contributed by atoms with Crippen LogP contribution < -0.4 is 10.3 Å². The molecular weight excluding hydrogens is 286 g/mol. The maximum Gasteiger partial charge on any atom is 0.254 e. The molecule has 0 N–H and O–H groups in total. The molecule has 1 atom stereocenters. The molecule has 0 bridgehead atoms. The zero-order valence-corrected chi connectivity index (χ0v) is 13.8. The van der Waals surface area contributed by atoms with Crippen LogP contribution in [0.4, 0.5) is 0 Å². The summed E-state index contributed by atoms with van der Waals surface area (Å²) in [7, 11) is 1.56.